The summed E-state index contributed by atoms with van der Waals surface area (Å²) in [6.07, 6.45) is 6.27. The summed E-state index contributed by atoms with van der Waals surface area (Å²) >= 11 is 0. The van der Waals surface area contributed by atoms with Crippen LogP contribution in [0.3, 0.4) is 0 Å². The fraction of sp³-hybridized carbons (Fsp3) is 0.467. The number of pyridine rings is 1. The van der Waals surface area contributed by atoms with Gasteiger partial charge in [0, 0.05) is 36.6 Å². The molecule has 1 saturated heterocycles. The molecule has 0 amide bonds. The molecule has 100 valence electrons. The highest BCUT2D eigenvalue weighted by atomic mass is 15.2. The number of aliphatic imine (C=N–C) groups is 1. The molecule has 0 saturated carbocycles. The van der Waals surface area contributed by atoms with Crippen LogP contribution < -0.4 is 10.6 Å². The van der Waals surface area contributed by atoms with Gasteiger partial charge in [0.05, 0.1) is 6.54 Å². The van der Waals surface area contributed by atoms with Crippen LogP contribution in [-0.2, 0) is 0 Å². The maximum atomic E-state index is 5.79. The minimum Gasteiger partial charge on any atom is -0.400 e. The lowest BCUT2D eigenvalue weighted by Gasteiger charge is -2.32. The highest BCUT2D eigenvalue weighted by Gasteiger charge is 2.24. The van der Waals surface area contributed by atoms with Crippen molar-refractivity contribution in [1.82, 2.24) is 4.98 Å². The monoisotopic (exact) mass is 256 g/mol. The number of allylic oxidation sites excluding steroid dienone is 1. The molecule has 4 nitrogen and oxygen atoms in total. The molecule has 4 heteroatoms. The Labute approximate surface area is 114 Å². The minimum absolute atomic E-state index is 0.572. The van der Waals surface area contributed by atoms with Crippen molar-refractivity contribution in [3.63, 3.8) is 0 Å². The summed E-state index contributed by atoms with van der Waals surface area (Å²) in [7, 11) is 0. The van der Waals surface area contributed by atoms with Crippen LogP contribution in [0.1, 0.15) is 18.4 Å². The predicted molar refractivity (Wildman–Crippen MR) is 78.5 cm³/mol. The van der Waals surface area contributed by atoms with Gasteiger partial charge in [0.1, 0.15) is 5.82 Å². The largest absolute Gasteiger partial charge is 0.400 e. The van der Waals surface area contributed by atoms with Crippen LogP contribution in [-0.4, -0.2) is 30.3 Å². The van der Waals surface area contributed by atoms with Crippen LogP contribution in [0.5, 0.6) is 0 Å². The zero-order chi connectivity index (χ0) is 13.2. The fourth-order valence-electron chi connectivity index (χ4n) is 2.76. The fourth-order valence-corrected chi connectivity index (χ4v) is 2.76. The van der Waals surface area contributed by atoms with Gasteiger partial charge in [0.25, 0.3) is 0 Å². The number of anilines is 1. The van der Waals surface area contributed by atoms with Gasteiger partial charge in [-0.05, 0) is 37.5 Å². The highest BCUT2D eigenvalue weighted by Crippen LogP contribution is 2.24. The standard InChI is InChI=1S/C15H20N4/c1-11-2-3-15(18-9-11)19-6-4-12(5-7-19)14-8-13(16)10-17-14/h2-3,8-9,12H,4-7,10,16H2,1H3. The average molecular weight is 256 g/mol. The Morgan fingerprint density at radius 2 is 2.05 bits per heavy atom. The Hall–Kier alpha value is -1.84. The van der Waals surface area contributed by atoms with Crippen molar-refractivity contribution in [3.05, 3.63) is 35.7 Å². The van der Waals surface area contributed by atoms with Crippen LogP contribution in [0, 0.1) is 12.8 Å². The van der Waals surface area contributed by atoms with Gasteiger partial charge in [-0.25, -0.2) is 4.98 Å². The summed E-state index contributed by atoms with van der Waals surface area (Å²) < 4.78 is 0. The lowest BCUT2D eigenvalue weighted by Crippen LogP contribution is -2.36. The van der Waals surface area contributed by atoms with E-state index < -0.39 is 0 Å². The Morgan fingerprint density at radius 1 is 1.26 bits per heavy atom. The van der Waals surface area contributed by atoms with Gasteiger partial charge in [-0.2, -0.15) is 0 Å². The molecular formula is C15H20N4. The molecule has 0 aromatic carbocycles. The average Bonchev–Trinajstić information content (AvgIpc) is 2.87. The Kier molecular flexibility index (Phi) is 3.23. The third-order valence-corrected chi connectivity index (χ3v) is 3.91. The molecule has 19 heavy (non-hydrogen) atoms. The first-order valence-corrected chi connectivity index (χ1v) is 6.90. The molecule has 2 aliphatic rings. The van der Waals surface area contributed by atoms with Gasteiger partial charge in [0.15, 0.2) is 0 Å². The van der Waals surface area contributed by atoms with Crippen molar-refractivity contribution in [2.24, 2.45) is 16.6 Å². The number of nitrogens with zero attached hydrogens (tertiary/aromatic N) is 3. The SMILES string of the molecule is Cc1ccc(N2CCC(C3=NCC(N)=C3)CC2)nc1. The van der Waals surface area contributed by atoms with E-state index in [1.807, 2.05) is 6.20 Å². The zero-order valence-electron chi connectivity index (χ0n) is 11.3. The summed E-state index contributed by atoms with van der Waals surface area (Å²) in [6, 6.07) is 4.24. The molecule has 1 aromatic heterocycles. The molecule has 0 aliphatic carbocycles. The molecule has 0 unspecified atom stereocenters. The number of rotatable bonds is 2. The van der Waals surface area contributed by atoms with E-state index in [-0.39, 0.29) is 0 Å². The van der Waals surface area contributed by atoms with Crippen LogP contribution in [0.25, 0.3) is 0 Å². The second-order valence-corrected chi connectivity index (χ2v) is 5.42. The van der Waals surface area contributed by atoms with Crippen LogP contribution in [0.4, 0.5) is 5.82 Å². The summed E-state index contributed by atoms with van der Waals surface area (Å²) in [5.74, 6) is 1.66. The van der Waals surface area contributed by atoms with Crippen molar-refractivity contribution in [3.8, 4) is 0 Å². The van der Waals surface area contributed by atoms with Crippen LogP contribution >= 0.6 is 0 Å². The Bertz CT molecular complexity index is 507. The molecule has 1 fully saturated rings. The quantitative estimate of drug-likeness (QED) is 0.879. The number of nitrogens with two attached hydrogens (primary N) is 1. The Morgan fingerprint density at radius 3 is 2.63 bits per heavy atom. The first kappa shape index (κ1) is 12.2. The summed E-state index contributed by atoms with van der Waals surface area (Å²) in [5.41, 5.74) is 9.10. The number of hydrogen-bond donors (Lipinski definition) is 1. The van der Waals surface area contributed by atoms with Gasteiger partial charge >= 0.3 is 0 Å². The van der Waals surface area contributed by atoms with E-state index in [0.717, 1.165) is 37.4 Å². The van der Waals surface area contributed by atoms with Crippen molar-refractivity contribution in [2.75, 3.05) is 24.5 Å². The lowest BCUT2D eigenvalue weighted by molar-refractivity contribution is 0.500. The second kappa shape index (κ2) is 5.03. The number of aromatic nitrogens is 1. The van der Waals surface area contributed by atoms with Gasteiger partial charge in [-0.1, -0.05) is 6.07 Å². The number of hydrogen-bond acceptors (Lipinski definition) is 4. The third kappa shape index (κ3) is 2.62. The van der Waals surface area contributed by atoms with Crippen molar-refractivity contribution < 1.29 is 0 Å². The topological polar surface area (TPSA) is 54.5 Å². The van der Waals surface area contributed by atoms with Crippen molar-refractivity contribution >= 4 is 11.5 Å². The van der Waals surface area contributed by atoms with Crippen molar-refractivity contribution in [1.29, 1.82) is 0 Å². The maximum Gasteiger partial charge on any atom is 0.128 e. The van der Waals surface area contributed by atoms with E-state index in [9.17, 15) is 0 Å². The van der Waals surface area contributed by atoms with E-state index in [0.29, 0.717) is 12.5 Å². The van der Waals surface area contributed by atoms with Gasteiger partial charge in [-0.15, -0.1) is 0 Å². The molecule has 0 bridgehead atoms. The van der Waals surface area contributed by atoms with E-state index in [1.165, 1.54) is 11.3 Å². The summed E-state index contributed by atoms with van der Waals surface area (Å²) in [5, 5.41) is 0. The molecule has 2 aliphatic heterocycles. The van der Waals surface area contributed by atoms with Gasteiger partial charge < -0.3 is 10.6 Å². The molecule has 2 N–H and O–H groups in total. The number of piperidine rings is 1. The normalized spacial score (nSPS) is 20.4. The zero-order valence-corrected chi connectivity index (χ0v) is 11.3. The predicted octanol–water partition coefficient (Wildman–Crippen LogP) is 1.90. The van der Waals surface area contributed by atoms with E-state index in [2.05, 4.69) is 40.0 Å². The van der Waals surface area contributed by atoms with Crippen molar-refractivity contribution in [2.45, 2.75) is 19.8 Å². The molecule has 1 aromatic rings. The van der Waals surface area contributed by atoms with E-state index in [4.69, 9.17) is 5.73 Å². The Balaban J connectivity index is 1.62. The lowest BCUT2D eigenvalue weighted by atomic mass is 9.92. The summed E-state index contributed by atoms with van der Waals surface area (Å²) in [6.45, 7) is 4.86. The van der Waals surface area contributed by atoms with E-state index in [1.54, 1.807) is 0 Å². The first-order valence-electron chi connectivity index (χ1n) is 6.90. The molecule has 3 rings (SSSR count). The molecule has 0 spiro atoms. The summed E-state index contributed by atoms with van der Waals surface area (Å²) in [4.78, 5) is 11.4. The molecular weight excluding hydrogens is 236 g/mol. The highest BCUT2D eigenvalue weighted by molar-refractivity contribution is 5.99. The van der Waals surface area contributed by atoms with Crippen LogP contribution in [0.15, 0.2) is 35.1 Å². The molecule has 3 heterocycles. The number of aryl methyl sites for hydroxylation is 1. The molecule has 0 atom stereocenters. The van der Waals surface area contributed by atoms with Gasteiger partial charge in [0.2, 0.25) is 0 Å². The van der Waals surface area contributed by atoms with Gasteiger partial charge in [-0.3, -0.25) is 4.99 Å². The second-order valence-electron chi connectivity index (χ2n) is 5.42. The van der Waals surface area contributed by atoms with Crippen LogP contribution in [0.2, 0.25) is 0 Å². The maximum absolute atomic E-state index is 5.79. The third-order valence-electron chi connectivity index (χ3n) is 3.91. The minimum atomic E-state index is 0.572. The first-order chi connectivity index (χ1) is 9.22. The smallest absolute Gasteiger partial charge is 0.128 e. The molecule has 0 radical (unpaired) electrons. The van der Waals surface area contributed by atoms with E-state index >= 15 is 0 Å².